The number of thioether (sulfide) groups is 1. The van der Waals surface area contributed by atoms with Crippen LogP contribution in [0.3, 0.4) is 0 Å². The minimum Gasteiger partial charge on any atom is -0.382 e. The quantitative estimate of drug-likeness (QED) is 0.556. The summed E-state index contributed by atoms with van der Waals surface area (Å²) in [6, 6.07) is 6.89. The van der Waals surface area contributed by atoms with Crippen LogP contribution in [-0.4, -0.2) is 60.3 Å². The molecule has 2 aromatic rings. The monoisotopic (exact) mass is 435 g/mol. The molecule has 160 valence electrons. The first-order chi connectivity index (χ1) is 14.5. The van der Waals surface area contributed by atoms with E-state index in [4.69, 9.17) is 0 Å². The average molecular weight is 436 g/mol. The van der Waals surface area contributed by atoms with Gasteiger partial charge in [0, 0.05) is 24.3 Å². The van der Waals surface area contributed by atoms with E-state index >= 15 is 0 Å². The number of allylic oxidation sites excluding steroid dienone is 1. The summed E-state index contributed by atoms with van der Waals surface area (Å²) in [6.45, 7) is 0.477. The lowest BCUT2D eigenvalue weighted by Gasteiger charge is -2.23. The molecule has 0 radical (unpaired) electrons. The van der Waals surface area contributed by atoms with Gasteiger partial charge in [0.15, 0.2) is 5.82 Å². The van der Waals surface area contributed by atoms with Crippen molar-refractivity contribution >= 4 is 17.0 Å². The first-order valence-electron chi connectivity index (χ1n) is 9.59. The standard InChI is InChI=1S/C20H23F2N5O2S/c21-20(22,15-8-4-3-5-9-15)17(28)12-11-16-14-30-19(29)27(16)13-7-2-1-6-10-18-23-25-26-24-18/h1-5,8-9,11-12,16-17,28H,6-7,10,13-14H2,(H,23,24,25,26)/b2-1+,12-11+. The van der Waals surface area contributed by atoms with Crippen molar-refractivity contribution in [3.8, 4) is 0 Å². The Morgan fingerprint density at radius 2 is 2.07 bits per heavy atom. The summed E-state index contributed by atoms with van der Waals surface area (Å²) in [4.78, 5) is 13.8. The molecule has 2 unspecified atom stereocenters. The molecule has 1 saturated heterocycles. The molecule has 0 spiro atoms. The normalized spacial score (nSPS) is 18.7. The number of nitrogens with zero attached hydrogens (tertiary/aromatic N) is 4. The average Bonchev–Trinajstić information content (AvgIpc) is 3.39. The molecule has 10 heteroatoms. The predicted molar refractivity (Wildman–Crippen MR) is 110 cm³/mol. The van der Waals surface area contributed by atoms with E-state index in [2.05, 4.69) is 20.6 Å². The van der Waals surface area contributed by atoms with Gasteiger partial charge in [0.25, 0.3) is 5.24 Å². The van der Waals surface area contributed by atoms with Crippen LogP contribution in [-0.2, 0) is 12.3 Å². The number of nitrogens with one attached hydrogen (secondary N) is 1. The van der Waals surface area contributed by atoms with E-state index in [1.165, 1.54) is 30.3 Å². The number of rotatable bonds is 10. The molecular weight excluding hydrogens is 412 g/mol. The fourth-order valence-corrected chi connectivity index (χ4v) is 4.01. The Labute approximate surface area is 177 Å². The molecule has 1 aromatic heterocycles. The van der Waals surface area contributed by atoms with Crippen LogP contribution in [0, 0.1) is 0 Å². The smallest absolute Gasteiger partial charge is 0.302 e. The summed E-state index contributed by atoms with van der Waals surface area (Å²) in [5.74, 6) is -2.29. The summed E-state index contributed by atoms with van der Waals surface area (Å²) >= 11 is 1.15. The van der Waals surface area contributed by atoms with Crippen LogP contribution in [0.15, 0.2) is 54.6 Å². The van der Waals surface area contributed by atoms with E-state index in [0.29, 0.717) is 31.0 Å². The molecular formula is C20H23F2N5O2S. The summed E-state index contributed by atoms with van der Waals surface area (Å²) < 4.78 is 28.8. The lowest BCUT2D eigenvalue weighted by atomic mass is 10.0. The summed E-state index contributed by atoms with van der Waals surface area (Å²) in [5.41, 5.74) is -0.248. The molecule has 1 aliphatic rings. The van der Waals surface area contributed by atoms with Gasteiger partial charge in [0.05, 0.1) is 6.04 Å². The second kappa shape index (κ2) is 10.4. The van der Waals surface area contributed by atoms with Crippen molar-refractivity contribution < 1.29 is 18.7 Å². The number of aliphatic hydroxyl groups is 1. The van der Waals surface area contributed by atoms with E-state index in [0.717, 1.165) is 24.3 Å². The van der Waals surface area contributed by atoms with Gasteiger partial charge in [-0.3, -0.25) is 4.79 Å². The van der Waals surface area contributed by atoms with Gasteiger partial charge < -0.3 is 10.0 Å². The molecule has 2 heterocycles. The number of carbonyl (C=O) groups excluding carboxylic acids is 1. The minimum absolute atomic E-state index is 0.0887. The molecule has 2 atom stereocenters. The van der Waals surface area contributed by atoms with Crippen molar-refractivity contribution in [2.24, 2.45) is 0 Å². The summed E-state index contributed by atoms with van der Waals surface area (Å²) in [6.07, 6.45) is 6.65. The van der Waals surface area contributed by atoms with E-state index in [9.17, 15) is 18.7 Å². The van der Waals surface area contributed by atoms with Crippen molar-refractivity contribution in [1.82, 2.24) is 25.5 Å². The second-order valence-electron chi connectivity index (χ2n) is 6.78. The number of H-pyrrole nitrogens is 1. The molecule has 1 fully saturated rings. The van der Waals surface area contributed by atoms with E-state index in [-0.39, 0.29) is 16.8 Å². The largest absolute Gasteiger partial charge is 0.382 e. The molecule has 30 heavy (non-hydrogen) atoms. The SMILES string of the molecule is O=C1SCC(/C=C/C(O)C(F)(F)c2ccccc2)N1CC/C=C/CCc1nn[nH]n1. The maximum Gasteiger partial charge on any atom is 0.302 e. The van der Waals surface area contributed by atoms with Crippen molar-refractivity contribution in [3.05, 3.63) is 66.0 Å². The van der Waals surface area contributed by atoms with Crippen molar-refractivity contribution in [1.29, 1.82) is 0 Å². The molecule has 1 amide bonds. The number of tetrazole rings is 1. The Bertz CT molecular complexity index is 861. The number of aromatic amines is 1. The van der Waals surface area contributed by atoms with Gasteiger partial charge >= 0.3 is 5.92 Å². The molecule has 0 aliphatic carbocycles. The number of hydrogen-bond donors (Lipinski definition) is 2. The number of aromatic nitrogens is 4. The lowest BCUT2D eigenvalue weighted by molar-refractivity contribution is -0.0929. The highest BCUT2D eigenvalue weighted by molar-refractivity contribution is 8.13. The number of hydrogen-bond acceptors (Lipinski definition) is 6. The zero-order valence-corrected chi connectivity index (χ0v) is 17.0. The second-order valence-corrected chi connectivity index (χ2v) is 7.75. The zero-order valence-electron chi connectivity index (χ0n) is 16.2. The van der Waals surface area contributed by atoms with Crippen LogP contribution in [0.2, 0.25) is 0 Å². The molecule has 0 bridgehead atoms. The molecule has 7 nitrogen and oxygen atoms in total. The Balaban J connectivity index is 1.50. The molecule has 3 rings (SSSR count). The van der Waals surface area contributed by atoms with Crippen LogP contribution < -0.4 is 0 Å². The van der Waals surface area contributed by atoms with Gasteiger partial charge in [0.2, 0.25) is 0 Å². The van der Waals surface area contributed by atoms with E-state index in [1.807, 2.05) is 12.2 Å². The Morgan fingerprint density at radius 3 is 2.80 bits per heavy atom. The fraction of sp³-hybridized carbons (Fsp3) is 0.400. The van der Waals surface area contributed by atoms with Gasteiger partial charge in [0.1, 0.15) is 6.10 Å². The highest BCUT2D eigenvalue weighted by Crippen LogP contribution is 2.33. The predicted octanol–water partition coefficient (Wildman–Crippen LogP) is 3.33. The number of amides is 1. The van der Waals surface area contributed by atoms with E-state index < -0.39 is 12.0 Å². The molecule has 1 aromatic carbocycles. The Hall–Kier alpha value is -2.59. The summed E-state index contributed by atoms with van der Waals surface area (Å²) in [7, 11) is 0. The summed E-state index contributed by atoms with van der Waals surface area (Å²) in [5, 5.41) is 23.6. The zero-order chi connectivity index (χ0) is 21.4. The van der Waals surface area contributed by atoms with Crippen molar-refractivity contribution in [2.45, 2.75) is 37.3 Å². The van der Waals surface area contributed by atoms with Gasteiger partial charge in [-0.1, -0.05) is 71.6 Å². The molecule has 0 saturated carbocycles. The molecule has 1 aliphatic heterocycles. The minimum atomic E-state index is -3.40. The Kier molecular flexibility index (Phi) is 7.69. The number of aliphatic hydroxyl groups excluding tert-OH is 1. The third-order valence-corrected chi connectivity index (χ3v) is 5.67. The third kappa shape index (κ3) is 5.73. The van der Waals surface area contributed by atoms with Crippen molar-refractivity contribution in [2.75, 3.05) is 12.3 Å². The van der Waals surface area contributed by atoms with Gasteiger partial charge in [-0.05, 0) is 12.8 Å². The third-order valence-electron chi connectivity index (χ3n) is 4.69. The topological polar surface area (TPSA) is 95.0 Å². The van der Waals surface area contributed by atoms with Crippen LogP contribution in [0.5, 0.6) is 0 Å². The van der Waals surface area contributed by atoms with Gasteiger partial charge in [-0.2, -0.15) is 14.0 Å². The van der Waals surface area contributed by atoms with Crippen LogP contribution in [0.1, 0.15) is 24.2 Å². The number of carbonyl (C=O) groups is 1. The Morgan fingerprint density at radius 1 is 1.30 bits per heavy atom. The van der Waals surface area contributed by atoms with Crippen molar-refractivity contribution in [3.63, 3.8) is 0 Å². The van der Waals surface area contributed by atoms with Crippen LogP contribution >= 0.6 is 11.8 Å². The van der Waals surface area contributed by atoms with Gasteiger partial charge in [-0.25, -0.2) is 0 Å². The number of aryl methyl sites for hydroxylation is 1. The highest BCUT2D eigenvalue weighted by atomic mass is 32.2. The fourth-order valence-electron chi connectivity index (χ4n) is 3.02. The highest BCUT2D eigenvalue weighted by Gasteiger charge is 2.39. The van der Waals surface area contributed by atoms with Gasteiger partial charge in [-0.15, -0.1) is 10.2 Å². The maximum absolute atomic E-state index is 14.4. The lowest BCUT2D eigenvalue weighted by Crippen LogP contribution is -2.34. The number of halogens is 2. The molecule has 2 N–H and O–H groups in total. The van der Waals surface area contributed by atoms with Crippen LogP contribution in [0.4, 0.5) is 13.6 Å². The number of alkyl halides is 2. The first-order valence-corrected chi connectivity index (χ1v) is 10.6. The number of benzene rings is 1. The van der Waals surface area contributed by atoms with Crippen LogP contribution in [0.25, 0.3) is 0 Å². The van der Waals surface area contributed by atoms with E-state index in [1.54, 1.807) is 11.0 Å². The first kappa shape index (κ1) is 22.1. The maximum atomic E-state index is 14.4.